The summed E-state index contributed by atoms with van der Waals surface area (Å²) >= 11 is 0. The Hall–Kier alpha value is -2.24. The molecule has 1 saturated heterocycles. The third-order valence-corrected chi connectivity index (χ3v) is 6.49. The van der Waals surface area contributed by atoms with E-state index in [2.05, 4.69) is 24.0 Å². The van der Waals surface area contributed by atoms with Crippen molar-refractivity contribution in [1.29, 1.82) is 0 Å². The second-order valence-electron chi connectivity index (χ2n) is 8.64. The molecule has 1 aliphatic heterocycles. The lowest BCUT2D eigenvalue weighted by Crippen LogP contribution is -2.51. The van der Waals surface area contributed by atoms with Crippen LogP contribution in [0.2, 0.25) is 0 Å². The summed E-state index contributed by atoms with van der Waals surface area (Å²) in [7, 11) is 0. The van der Waals surface area contributed by atoms with Crippen LogP contribution >= 0.6 is 0 Å². The maximum Gasteiger partial charge on any atom is 0.309 e. The molecule has 4 rings (SSSR count). The Morgan fingerprint density at radius 3 is 2.73 bits per heavy atom. The SMILES string of the molecule is CC1=C(CN2CC(C(=O)O)C2)CCC2=CC(OCCCc3ccc(F)cc3)CC=C21. The van der Waals surface area contributed by atoms with Crippen LogP contribution in [0.3, 0.4) is 0 Å². The van der Waals surface area contributed by atoms with Crippen molar-refractivity contribution in [2.24, 2.45) is 5.92 Å². The fourth-order valence-electron chi connectivity index (χ4n) is 4.62. The number of aryl methyl sites for hydroxylation is 1. The lowest BCUT2D eigenvalue weighted by molar-refractivity contribution is -0.147. The number of halogens is 1. The Kier molecular flexibility index (Phi) is 6.49. The van der Waals surface area contributed by atoms with Crippen molar-refractivity contribution in [2.75, 3.05) is 26.2 Å². The Labute approximate surface area is 177 Å². The first kappa shape index (κ1) is 21.0. The van der Waals surface area contributed by atoms with E-state index in [0.29, 0.717) is 19.7 Å². The number of allylic oxidation sites excluding steroid dienone is 3. The number of nitrogens with zero attached hydrogens (tertiary/aromatic N) is 1. The molecule has 0 bridgehead atoms. The minimum Gasteiger partial charge on any atom is -0.481 e. The molecule has 0 amide bonds. The zero-order valence-electron chi connectivity index (χ0n) is 17.6. The van der Waals surface area contributed by atoms with Crippen LogP contribution in [-0.4, -0.2) is 48.3 Å². The van der Waals surface area contributed by atoms with Crippen molar-refractivity contribution in [1.82, 2.24) is 4.90 Å². The van der Waals surface area contributed by atoms with Gasteiger partial charge in [-0.2, -0.15) is 0 Å². The predicted molar refractivity (Wildman–Crippen MR) is 115 cm³/mol. The molecule has 1 N–H and O–H groups in total. The smallest absolute Gasteiger partial charge is 0.309 e. The number of carbonyl (C=O) groups is 1. The summed E-state index contributed by atoms with van der Waals surface area (Å²) in [6.07, 6.45) is 9.53. The highest BCUT2D eigenvalue weighted by Gasteiger charge is 2.33. The molecule has 2 aliphatic carbocycles. The number of hydrogen-bond donors (Lipinski definition) is 1. The van der Waals surface area contributed by atoms with E-state index in [-0.39, 0.29) is 17.8 Å². The van der Waals surface area contributed by atoms with Gasteiger partial charge in [0.15, 0.2) is 0 Å². The van der Waals surface area contributed by atoms with E-state index in [0.717, 1.165) is 44.2 Å². The van der Waals surface area contributed by atoms with Crippen LogP contribution in [-0.2, 0) is 16.0 Å². The second-order valence-corrected chi connectivity index (χ2v) is 8.64. The van der Waals surface area contributed by atoms with Crippen LogP contribution < -0.4 is 0 Å². The highest BCUT2D eigenvalue weighted by Crippen LogP contribution is 2.38. The van der Waals surface area contributed by atoms with Gasteiger partial charge >= 0.3 is 5.97 Å². The molecule has 1 aromatic rings. The van der Waals surface area contributed by atoms with Crippen LogP contribution in [0.25, 0.3) is 0 Å². The van der Waals surface area contributed by atoms with Crippen LogP contribution in [0, 0.1) is 11.7 Å². The minimum absolute atomic E-state index is 0.137. The van der Waals surface area contributed by atoms with E-state index in [9.17, 15) is 9.18 Å². The third kappa shape index (κ3) is 4.90. The second kappa shape index (κ2) is 9.27. The molecule has 30 heavy (non-hydrogen) atoms. The highest BCUT2D eigenvalue weighted by atomic mass is 19.1. The van der Waals surface area contributed by atoms with Crippen molar-refractivity contribution in [3.63, 3.8) is 0 Å². The number of carboxylic acid groups (broad SMARTS) is 1. The standard InChI is InChI=1S/C25H30FNO3/c1-17-20(14-27-15-21(16-27)25(28)29)7-6-19-13-23(10-11-24(17)19)30-12-2-3-18-4-8-22(26)9-5-18/h4-5,8-9,11,13,21,23H,2-3,6-7,10,12,14-16H2,1H3,(H,28,29). The van der Waals surface area contributed by atoms with Gasteiger partial charge in [0, 0.05) is 26.2 Å². The van der Waals surface area contributed by atoms with E-state index >= 15 is 0 Å². The van der Waals surface area contributed by atoms with Gasteiger partial charge in [-0.25, -0.2) is 4.39 Å². The van der Waals surface area contributed by atoms with Crippen molar-refractivity contribution in [3.05, 3.63) is 70.1 Å². The largest absolute Gasteiger partial charge is 0.481 e. The fraction of sp³-hybridized carbons (Fsp3) is 0.480. The number of likely N-dealkylation sites (tertiary alicyclic amines) is 1. The van der Waals surface area contributed by atoms with Crippen LogP contribution in [0.4, 0.5) is 4.39 Å². The van der Waals surface area contributed by atoms with Crippen LogP contribution in [0.1, 0.15) is 38.2 Å². The summed E-state index contributed by atoms with van der Waals surface area (Å²) < 4.78 is 19.1. The van der Waals surface area contributed by atoms with E-state index < -0.39 is 5.97 Å². The average Bonchev–Trinajstić information content (AvgIpc) is 2.70. The van der Waals surface area contributed by atoms with Gasteiger partial charge in [0.05, 0.1) is 12.0 Å². The van der Waals surface area contributed by atoms with Gasteiger partial charge in [0.1, 0.15) is 5.82 Å². The van der Waals surface area contributed by atoms with Gasteiger partial charge in [-0.1, -0.05) is 29.9 Å². The van der Waals surface area contributed by atoms with Gasteiger partial charge < -0.3 is 9.84 Å². The molecule has 160 valence electrons. The highest BCUT2D eigenvalue weighted by molar-refractivity contribution is 5.71. The summed E-state index contributed by atoms with van der Waals surface area (Å²) in [6.45, 7) is 5.13. The van der Waals surface area contributed by atoms with Gasteiger partial charge in [-0.05, 0) is 73.4 Å². The maximum atomic E-state index is 13.0. The lowest BCUT2D eigenvalue weighted by Gasteiger charge is -2.39. The fourth-order valence-corrected chi connectivity index (χ4v) is 4.62. The summed E-state index contributed by atoms with van der Waals surface area (Å²) in [5.74, 6) is -1.06. The Morgan fingerprint density at radius 1 is 1.23 bits per heavy atom. The number of carboxylic acids is 1. The number of ether oxygens (including phenoxy) is 1. The van der Waals surface area contributed by atoms with Crippen molar-refractivity contribution in [3.8, 4) is 0 Å². The van der Waals surface area contributed by atoms with E-state index in [1.54, 1.807) is 0 Å². The molecule has 1 fully saturated rings. The van der Waals surface area contributed by atoms with Gasteiger partial charge in [0.2, 0.25) is 0 Å². The number of fused-ring (bicyclic) bond motifs is 1. The number of benzene rings is 1. The first-order chi connectivity index (χ1) is 14.5. The van der Waals surface area contributed by atoms with E-state index in [4.69, 9.17) is 9.84 Å². The third-order valence-electron chi connectivity index (χ3n) is 6.49. The quantitative estimate of drug-likeness (QED) is 0.639. The van der Waals surface area contributed by atoms with Gasteiger partial charge in [0.25, 0.3) is 0 Å². The zero-order valence-corrected chi connectivity index (χ0v) is 17.6. The average molecular weight is 412 g/mol. The van der Waals surface area contributed by atoms with Crippen molar-refractivity contribution in [2.45, 2.75) is 45.1 Å². The number of hydrogen-bond acceptors (Lipinski definition) is 3. The molecular weight excluding hydrogens is 381 g/mol. The number of rotatable bonds is 8. The maximum absolute atomic E-state index is 13.0. The number of aliphatic carboxylic acids is 1. The predicted octanol–water partition coefficient (Wildman–Crippen LogP) is 4.53. The Balaban J connectivity index is 1.25. The molecule has 1 unspecified atom stereocenters. The van der Waals surface area contributed by atoms with Gasteiger partial charge in [-0.15, -0.1) is 0 Å². The molecule has 4 nitrogen and oxygen atoms in total. The van der Waals surface area contributed by atoms with Crippen molar-refractivity contribution < 1.29 is 19.0 Å². The first-order valence-electron chi connectivity index (χ1n) is 10.9. The van der Waals surface area contributed by atoms with E-state index in [1.807, 2.05) is 12.1 Å². The molecule has 0 saturated carbocycles. The van der Waals surface area contributed by atoms with Crippen LogP contribution in [0.5, 0.6) is 0 Å². The Bertz CT molecular complexity index is 878. The molecule has 1 aromatic carbocycles. The molecule has 3 aliphatic rings. The van der Waals surface area contributed by atoms with E-state index in [1.165, 1.54) is 34.4 Å². The van der Waals surface area contributed by atoms with Crippen LogP contribution in [0.15, 0.2) is 58.7 Å². The summed E-state index contributed by atoms with van der Waals surface area (Å²) in [5, 5.41) is 9.05. The topological polar surface area (TPSA) is 49.8 Å². The lowest BCUT2D eigenvalue weighted by atomic mass is 9.80. The normalized spacial score (nSPS) is 22.3. The molecule has 1 atom stereocenters. The zero-order chi connectivity index (χ0) is 21.1. The van der Waals surface area contributed by atoms with Crippen molar-refractivity contribution >= 4 is 5.97 Å². The summed E-state index contributed by atoms with van der Waals surface area (Å²) in [5.41, 5.74) is 6.69. The molecule has 0 aromatic heterocycles. The molecule has 0 radical (unpaired) electrons. The monoisotopic (exact) mass is 411 g/mol. The summed E-state index contributed by atoms with van der Waals surface area (Å²) in [6, 6.07) is 6.69. The molecule has 5 heteroatoms. The summed E-state index contributed by atoms with van der Waals surface area (Å²) in [4.78, 5) is 13.2. The first-order valence-corrected chi connectivity index (χ1v) is 10.9. The molecular formula is C25H30FNO3. The van der Waals surface area contributed by atoms with Gasteiger partial charge in [-0.3, -0.25) is 9.69 Å². The molecule has 0 spiro atoms. The molecule has 1 heterocycles. The minimum atomic E-state index is -0.676. The Morgan fingerprint density at radius 2 is 2.00 bits per heavy atom.